The molecule has 0 aliphatic rings. The fraction of sp³-hybridized carbons (Fsp3) is 0.796. The fourth-order valence-corrected chi connectivity index (χ4v) is 7.26. The lowest BCUT2D eigenvalue weighted by molar-refractivity contribution is -0.167. The van der Waals surface area contributed by atoms with Crippen LogP contribution in [0, 0.1) is 0 Å². The first-order chi connectivity index (χ1) is 29.5. The third-order valence-corrected chi connectivity index (χ3v) is 11.1. The summed E-state index contributed by atoms with van der Waals surface area (Å²) in [4.78, 5) is 37.7. The first kappa shape index (κ1) is 57.4. The third kappa shape index (κ3) is 46.4. The molecule has 1 unspecified atom stereocenters. The minimum Gasteiger partial charge on any atom is -0.462 e. The molecule has 0 amide bonds. The number of hydrogen-bond acceptors (Lipinski definition) is 6. The van der Waals surface area contributed by atoms with Crippen molar-refractivity contribution in [3.05, 3.63) is 48.6 Å². The predicted octanol–water partition coefficient (Wildman–Crippen LogP) is 16.7. The maximum atomic E-state index is 12.7. The normalized spacial score (nSPS) is 12.4. The Bertz CT molecular complexity index is 1060. The molecule has 0 spiro atoms. The molecular formula is C54H96O6. The lowest BCUT2D eigenvalue weighted by atomic mass is 10.0. The highest BCUT2D eigenvalue weighted by Crippen LogP contribution is 2.15. The second-order valence-corrected chi connectivity index (χ2v) is 17.1. The molecule has 0 rings (SSSR count). The first-order valence-corrected chi connectivity index (χ1v) is 25.6. The van der Waals surface area contributed by atoms with Crippen molar-refractivity contribution in [1.29, 1.82) is 0 Å². The van der Waals surface area contributed by atoms with Crippen LogP contribution in [-0.4, -0.2) is 37.2 Å². The Labute approximate surface area is 371 Å². The summed E-state index contributed by atoms with van der Waals surface area (Å²) in [6.07, 6.45) is 58.3. The number of hydrogen-bond donors (Lipinski definition) is 0. The van der Waals surface area contributed by atoms with Gasteiger partial charge in [0.25, 0.3) is 0 Å². The first-order valence-electron chi connectivity index (χ1n) is 25.6. The Morgan fingerprint density at radius 3 is 1.02 bits per heavy atom. The molecule has 0 aromatic rings. The van der Waals surface area contributed by atoms with Gasteiger partial charge in [-0.2, -0.15) is 0 Å². The van der Waals surface area contributed by atoms with Crippen molar-refractivity contribution in [3.8, 4) is 0 Å². The van der Waals surface area contributed by atoms with Crippen molar-refractivity contribution in [2.45, 2.75) is 264 Å². The maximum absolute atomic E-state index is 12.7. The smallest absolute Gasteiger partial charge is 0.306 e. The summed E-state index contributed by atoms with van der Waals surface area (Å²) in [5, 5.41) is 0. The topological polar surface area (TPSA) is 78.9 Å². The average molecular weight is 841 g/mol. The van der Waals surface area contributed by atoms with E-state index in [1.54, 1.807) is 0 Å². The molecular weight excluding hydrogens is 745 g/mol. The van der Waals surface area contributed by atoms with Gasteiger partial charge in [0.15, 0.2) is 6.10 Å². The summed E-state index contributed by atoms with van der Waals surface area (Å²) in [6, 6.07) is 0. The number of carbonyl (C=O) groups excluding carboxylic acids is 3. The number of rotatable bonds is 46. The molecule has 0 fully saturated rings. The summed E-state index contributed by atoms with van der Waals surface area (Å²) in [7, 11) is 0. The van der Waals surface area contributed by atoms with Crippen LogP contribution < -0.4 is 0 Å². The lowest BCUT2D eigenvalue weighted by Crippen LogP contribution is -2.30. The van der Waals surface area contributed by atoms with Crippen molar-refractivity contribution in [1.82, 2.24) is 0 Å². The van der Waals surface area contributed by atoms with E-state index >= 15 is 0 Å². The number of allylic oxidation sites excluding steroid dienone is 8. The minimum atomic E-state index is -0.767. The van der Waals surface area contributed by atoms with E-state index in [4.69, 9.17) is 14.2 Å². The molecule has 0 aromatic heterocycles. The van der Waals surface area contributed by atoms with Crippen LogP contribution in [0.15, 0.2) is 48.6 Å². The van der Waals surface area contributed by atoms with Gasteiger partial charge in [-0.15, -0.1) is 0 Å². The number of esters is 3. The highest BCUT2D eigenvalue weighted by Gasteiger charge is 2.19. The predicted molar refractivity (Wildman–Crippen MR) is 256 cm³/mol. The molecule has 6 heteroatoms. The quantitative estimate of drug-likeness (QED) is 0.0263. The van der Waals surface area contributed by atoms with Crippen LogP contribution >= 0.6 is 0 Å². The second kappa shape index (κ2) is 49.0. The zero-order valence-corrected chi connectivity index (χ0v) is 39.7. The molecule has 0 aliphatic carbocycles. The average Bonchev–Trinajstić information content (AvgIpc) is 3.24. The van der Waals surface area contributed by atoms with E-state index < -0.39 is 6.10 Å². The molecule has 6 nitrogen and oxygen atoms in total. The van der Waals surface area contributed by atoms with Crippen LogP contribution in [-0.2, 0) is 28.6 Å². The summed E-state index contributed by atoms with van der Waals surface area (Å²) in [6.45, 7) is 6.49. The number of ether oxygens (including phenoxy) is 3. The summed E-state index contributed by atoms with van der Waals surface area (Å²) in [5.41, 5.74) is 0. The van der Waals surface area contributed by atoms with Crippen molar-refractivity contribution in [3.63, 3.8) is 0 Å². The SMILES string of the molecule is CC/C=C\C/C=C\C/C=C\C/C=C\CCCCCCCCCCCCC(=O)OCC(COC(=O)CCCCCCCCC)OC(=O)CCCCCCCCCCCCCC. The third-order valence-electron chi connectivity index (χ3n) is 11.1. The molecule has 0 aromatic carbocycles. The molecule has 0 saturated carbocycles. The van der Waals surface area contributed by atoms with Gasteiger partial charge in [0, 0.05) is 19.3 Å². The Morgan fingerprint density at radius 2 is 0.650 bits per heavy atom. The van der Waals surface area contributed by atoms with Crippen LogP contribution in [0.1, 0.15) is 258 Å². The van der Waals surface area contributed by atoms with Gasteiger partial charge >= 0.3 is 17.9 Å². The Balaban J connectivity index is 4.16. The van der Waals surface area contributed by atoms with E-state index in [0.717, 1.165) is 83.5 Å². The lowest BCUT2D eigenvalue weighted by Gasteiger charge is -2.18. The fourth-order valence-electron chi connectivity index (χ4n) is 7.26. The van der Waals surface area contributed by atoms with Gasteiger partial charge in [-0.25, -0.2) is 0 Å². The van der Waals surface area contributed by atoms with Crippen LogP contribution in [0.2, 0.25) is 0 Å². The minimum absolute atomic E-state index is 0.0713. The van der Waals surface area contributed by atoms with Crippen LogP contribution in [0.3, 0.4) is 0 Å². The van der Waals surface area contributed by atoms with E-state index in [1.165, 1.54) is 135 Å². The number of unbranched alkanes of at least 4 members (excludes halogenated alkanes) is 27. The van der Waals surface area contributed by atoms with Gasteiger partial charge in [-0.05, 0) is 57.8 Å². The van der Waals surface area contributed by atoms with E-state index in [9.17, 15) is 14.4 Å². The summed E-state index contributed by atoms with van der Waals surface area (Å²) in [5.74, 6) is -0.876. The van der Waals surface area contributed by atoms with Crippen LogP contribution in [0.25, 0.3) is 0 Å². The monoisotopic (exact) mass is 841 g/mol. The Hall–Kier alpha value is -2.63. The highest BCUT2D eigenvalue weighted by molar-refractivity contribution is 5.71. The van der Waals surface area contributed by atoms with Crippen molar-refractivity contribution in [2.75, 3.05) is 13.2 Å². The van der Waals surface area contributed by atoms with Crippen molar-refractivity contribution in [2.24, 2.45) is 0 Å². The Morgan fingerprint density at radius 1 is 0.350 bits per heavy atom. The van der Waals surface area contributed by atoms with Crippen LogP contribution in [0.5, 0.6) is 0 Å². The molecule has 348 valence electrons. The van der Waals surface area contributed by atoms with Gasteiger partial charge in [-0.3, -0.25) is 14.4 Å². The van der Waals surface area contributed by atoms with Gasteiger partial charge in [0.2, 0.25) is 0 Å². The van der Waals surface area contributed by atoms with Gasteiger partial charge in [0.1, 0.15) is 13.2 Å². The zero-order chi connectivity index (χ0) is 43.7. The van der Waals surface area contributed by atoms with Gasteiger partial charge in [0.05, 0.1) is 0 Å². The molecule has 0 heterocycles. The summed E-state index contributed by atoms with van der Waals surface area (Å²) >= 11 is 0. The summed E-state index contributed by atoms with van der Waals surface area (Å²) < 4.78 is 16.7. The van der Waals surface area contributed by atoms with E-state index in [-0.39, 0.29) is 31.1 Å². The van der Waals surface area contributed by atoms with E-state index in [2.05, 4.69) is 69.4 Å². The largest absolute Gasteiger partial charge is 0.462 e. The maximum Gasteiger partial charge on any atom is 0.306 e. The zero-order valence-electron chi connectivity index (χ0n) is 39.7. The van der Waals surface area contributed by atoms with E-state index in [1.807, 2.05) is 0 Å². The Kier molecular flexibility index (Phi) is 46.9. The van der Waals surface area contributed by atoms with Crippen LogP contribution in [0.4, 0.5) is 0 Å². The molecule has 0 aliphatic heterocycles. The standard InChI is InChI=1S/C54H96O6/c1-4-7-10-13-16-18-20-22-23-24-25-26-27-28-29-30-31-32-34-35-38-41-44-47-53(56)59-50-51(49-58-52(55)46-43-40-37-15-12-9-6-3)60-54(57)48-45-42-39-36-33-21-19-17-14-11-8-5-2/h7,10,16,18,22-23,25-26,51H,4-6,8-9,11-15,17,19-21,24,27-50H2,1-3H3/b10-7-,18-16-,23-22-,26-25-. The second-order valence-electron chi connectivity index (χ2n) is 17.1. The molecule has 0 radical (unpaired) electrons. The molecule has 0 bridgehead atoms. The van der Waals surface area contributed by atoms with Gasteiger partial charge < -0.3 is 14.2 Å². The molecule has 0 saturated heterocycles. The molecule has 60 heavy (non-hydrogen) atoms. The molecule has 1 atom stereocenters. The highest BCUT2D eigenvalue weighted by atomic mass is 16.6. The van der Waals surface area contributed by atoms with E-state index in [0.29, 0.717) is 19.3 Å². The van der Waals surface area contributed by atoms with Crippen molar-refractivity contribution >= 4 is 17.9 Å². The number of carbonyl (C=O) groups is 3. The van der Waals surface area contributed by atoms with Crippen molar-refractivity contribution < 1.29 is 28.6 Å². The van der Waals surface area contributed by atoms with Gasteiger partial charge in [-0.1, -0.05) is 230 Å². The molecule has 0 N–H and O–H groups in total.